The number of anilines is 5. The third-order valence-corrected chi connectivity index (χ3v) is 14.0. The summed E-state index contributed by atoms with van der Waals surface area (Å²) in [4.78, 5) is 5.09. The zero-order chi connectivity index (χ0) is 41.3. The Morgan fingerprint density at radius 1 is 0.565 bits per heavy atom. The van der Waals surface area contributed by atoms with Crippen LogP contribution >= 0.6 is 0 Å². The summed E-state index contributed by atoms with van der Waals surface area (Å²) in [6, 6.07) is 62.3. The summed E-state index contributed by atoms with van der Waals surface area (Å²) in [5, 5.41) is 3.31. The van der Waals surface area contributed by atoms with Crippen molar-refractivity contribution in [2.45, 2.75) is 45.4 Å². The Kier molecular flexibility index (Phi) is 7.52. The summed E-state index contributed by atoms with van der Waals surface area (Å²) in [5.74, 6) is 0.847. The van der Waals surface area contributed by atoms with Gasteiger partial charge < -0.3 is 13.6 Å². The third-order valence-electron chi connectivity index (χ3n) is 14.0. The van der Waals surface area contributed by atoms with Gasteiger partial charge in [0, 0.05) is 60.8 Å². The van der Waals surface area contributed by atoms with Gasteiger partial charge in [0.05, 0.1) is 5.69 Å². The summed E-state index contributed by atoms with van der Waals surface area (Å²) in [6.07, 6.45) is 3.32. The van der Waals surface area contributed by atoms with Gasteiger partial charge in [0.1, 0.15) is 16.7 Å². The van der Waals surface area contributed by atoms with E-state index in [0.717, 1.165) is 86.1 Å². The van der Waals surface area contributed by atoms with E-state index in [4.69, 9.17) is 8.83 Å². The molecule has 4 heterocycles. The molecule has 62 heavy (non-hydrogen) atoms. The van der Waals surface area contributed by atoms with Gasteiger partial charge in [0.15, 0.2) is 0 Å². The minimum Gasteiger partial charge on any atom is -0.455 e. The van der Waals surface area contributed by atoms with Crippen molar-refractivity contribution in [1.82, 2.24) is 0 Å². The topological polar surface area (TPSA) is 32.8 Å². The second-order valence-corrected chi connectivity index (χ2v) is 17.8. The van der Waals surface area contributed by atoms with Crippen molar-refractivity contribution in [3.8, 4) is 33.4 Å². The Hall–Kier alpha value is -7.24. The normalized spacial score (nSPS) is 14.3. The maximum Gasteiger partial charge on any atom is 0.337 e. The Morgan fingerprint density at radius 3 is 2.06 bits per heavy atom. The predicted molar refractivity (Wildman–Crippen MR) is 259 cm³/mol. The Balaban J connectivity index is 1.22. The van der Waals surface area contributed by atoms with Crippen molar-refractivity contribution in [2.75, 3.05) is 9.71 Å². The predicted octanol–water partition coefficient (Wildman–Crippen LogP) is 14.4. The molecule has 0 saturated carbocycles. The van der Waals surface area contributed by atoms with Crippen LogP contribution in [0, 0.1) is 0 Å². The molecule has 1 aliphatic carbocycles. The molecule has 0 spiro atoms. The zero-order valence-corrected chi connectivity index (χ0v) is 35.1. The largest absolute Gasteiger partial charge is 0.455 e. The average molecular weight is 799 g/mol. The molecule has 0 unspecified atom stereocenters. The van der Waals surface area contributed by atoms with Gasteiger partial charge in [-0.15, -0.1) is 0 Å². The van der Waals surface area contributed by atoms with E-state index in [-0.39, 0.29) is 12.3 Å². The Morgan fingerprint density at radius 2 is 1.26 bits per heavy atom. The SMILES string of the molecule is CCCCc1ccc(N2c3cc4c(oc5ccccc54)c4c3B(c3c2oc2ccccc32)N(c2ccccc2)c2c-4ccc3c2C(C)(C)c2ccccc2-3)c(-c2ccccc2)c1. The molecule has 2 aliphatic heterocycles. The van der Waals surface area contributed by atoms with Crippen LogP contribution in [0.3, 0.4) is 0 Å². The number of nitrogens with zero attached hydrogens (tertiary/aromatic N) is 2. The first-order valence-corrected chi connectivity index (χ1v) is 22.1. The number of fused-ring (bicyclic) bond motifs is 14. The molecule has 4 nitrogen and oxygen atoms in total. The first-order chi connectivity index (χ1) is 30.5. The van der Waals surface area contributed by atoms with Crippen molar-refractivity contribution < 1.29 is 8.83 Å². The molecule has 3 aliphatic rings. The van der Waals surface area contributed by atoms with Crippen LogP contribution in [0.25, 0.3) is 66.3 Å². The van der Waals surface area contributed by atoms with Crippen molar-refractivity contribution in [3.63, 3.8) is 0 Å². The van der Waals surface area contributed by atoms with Gasteiger partial charge in [-0.3, -0.25) is 4.90 Å². The van der Waals surface area contributed by atoms with Crippen LogP contribution in [-0.4, -0.2) is 6.85 Å². The van der Waals surface area contributed by atoms with Crippen molar-refractivity contribution in [1.29, 1.82) is 0 Å². The lowest BCUT2D eigenvalue weighted by Gasteiger charge is -2.46. The van der Waals surface area contributed by atoms with Crippen LogP contribution in [0.4, 0.5) is 28.6 Å². The van der Waals surface area contributed by atoms with E-state index in [2.05, 4.69) is 200 Å². The lowest BCUT2D eigenvalue weighted by Crippen LogP contribution is -2.61. The van der Waals surface area contributed by atoms with Crippen molar-refractivity contribution >= 4 is 79.3 Å². The monoisotopic (exact) mass is 798 g/mol. The molecular formula is C57H43BN2O2. The lowest BCUT2D eigenvalue weighted by molar-refractivity contribution is 0.622. The fourth-order valence-corrected chi connectivity index (χ4v) is 11.3. The molecule has 10 aromatic rings. The second-order valence-electron chi connectivity index (χ2n) is 17.8. The van der Waals surface area contributed by atoms with Gasteiger partial charge in [-0.25, -0.2) is 0 Å². The van der Waals surface area contributed by atoms with Crippen LogP contribution in [0.2, 0.25) is 0 Å². The number of benzene rings is 8. The highest BCUT2D eigenvalue weighted by atomic mass is 16.4. The molecule has 8 aromatic carbocycles. The molecule has 0 atom stereocenters. The van der Waals surface area contributed by atoms with Crippen molar-refractivity contribution in [2.24, 2.45) is 0 Å². The maximum atomic E-state index is 7.31. The van der Waals surface area contributed by atoms with E-state index in [1.165, 1.54) is 55.7 Å². The molecule has 0 radical (unpaired) electrons. The van der Waals surface area contributed by atoms with Crippen LogP contribution in [-0.2, 0) is 11.8 Å². The molecule has 0 amide bonds. The number of aryl methyl sites for hydroxylation is 1. The van der Waals surface area contributed by atoms with E-state index in [1.54, 1.807) is 0 Å². The highest BCUT2D eigenvalue weighted by Gasteiger charge is 2.52. The summed E-state index contributed by atoms with van der Waals surface area (Å²) in [7, 11) is 0. The zero-order valence-electron chi connectivity index (χ0n) is 35.1. The molecule has 13 rings (SSSR count). The summed E-state index contributed by atoms with van der Waals surface area (Å²) < 4.78 is 14.4. The standard InChI is InChI=1S/C57H43BN2O2/c1-4-5-18-35-29-32-46(43(33-35)36-19-8-6-9-20-36)59-47-34-44-39-24-13-16-27-48(39)61-55(44)50-42-31-30-40-38-23-12-15-26-45(38)57(2,3)51(40)54(42)60(37-21-10-7-11-22-37)58(53(47)50)52-41-25-14-17-28-49(41)62-56(52)59/h6-17,19-34H,4-5,18H2,1-3H3. The van der Waals surface area contributed by atoms with E-state index in [9.17, 15) is 0 Å². The summed E-state index contributed by atoms with van der Waals surface area (Å²) >= 11 is 0. The number of para-hydroxylation sites is 3. The molecule has 296 valence electrons. The van der Waals surface area contributed by atoms with E-state index in [1.807, 2.05) is 0 Å². The van der Waals surface area contributed by atoms with Gasteiger partial charge in [0.2, 0.25) is 5.88 Å². The van der Waals surface area contributed by atoms with Crippen LogP contribution in [0.1, 0.15) is 50.3 Å². The van der Waals surface area contributed by atoms with E-state index in [0.29, 0.717) is 0 Å². The highest BCUT2D eigenvalue weighted by molar-refractivity contribution is 6.95. The fourth-order valence-electron chi connectivity index (χ4n) is 11.3. The quantitative estimate of drug-likeness (QED) is 0.157. The third kappa shape index (κ3) is 4.79. The van der Waals surface area contributed by atoms with E-state index >= 15 is 0 Å². The molecule has 0 bridgehead atoms. The molecule has 2 aromatic heterocycles. The van der Waals surface area contributed by atoms with E-state index < -0.39 is 0 Å². The molecular weight excluding hydrogens is 755 g/mol. The van der Waals surface area contributed by atoms with Crippen LogP contribution in [0.5, 0.6) is 0 Å². The molecule has 5 heteroatoms. The first kappa shape index (κ1) is 35.5. The fraction of sp³-hybridized carbons (Fsp3) is 0.123. The van der Waals surface area contributed by atoms with Gasteiger partial charge in [0.25, 0.3) is 0 Å². The molecule has 0 fully saturated rings. The number of furan rings is 2. The van der Waals surface area contributed by atoms with Gasteiger partial charge >= 0.3 is 6.85 Å². The minimum absolute atomic E-state index is 0.252. The number of rotatable bonds is 6. The molecule has 0 N–H and O–H groups in total. The summed E-state index contributed by atoms with van der Waals surface area (Å²) in [5.41, 5.74) is 20.6. The minimum atomic E-state index is -0.279. The van der Waals surface area contributed by atoms with Gasteiger partial charge in [-0.05, 0) is 94.1 Å². The van der Waals surface area contributed by atoms with Crippen molar-refractivity contribution in [3.05, 3.63) is 187 Å². The number of hydrogen-bond acceptors (Lipinski definition) is 4. The first-order valence-electron chi connectivity index (χ1n) is 22.1. The van der Waals surface area contributed by atoms with Crippen LogP contribution < -0.4 is 20.6 Å². The highest BCUT2D eigenvalue weighted by Crippen LogP contribution is 2.59. The smallest absolute Gasteiger partial charge is 0.337 e. The maximum absolute atomic E-state index is 7.31. The summed E-state index contributed by atoms with van der Waals surface area (Å²) in [6.45, 7) is 6.82. The average Bonchev–Trinajstić information content (AvgIpc) is 3.96. The Bertz CT molecular complexity index is 3450. The number of hydrogen-bond donors (Lipinski definition) is 0. The Labute approximate surface area is 361 Å². The van der Waals surface area contributed by atoms with Gasteiger partial charge in [-0.1, -0.05) is 155 Å². The lowest BCUT2D eigenvalue weighted by atomic mass is 9.43. The number of unbranched alkanes of at least 4 members (excludes halogenated alkanes) is 1. The van der Waals surface area contributed by atoms with Crippen LogP contribution in [0.15, 0.2) is 179 Å². The molecule has 0 saturated heterocycles. The second kappa shape index (κ2) is 13.1. The van der Waals surface area contributed by atoms with Gasteiger partial charge in [-0.2, -0.15) is 0 Å².